The third kappa shape index (κ3) is 4.74. The normalized spacial score (nSPS) is 15.7. The Morgan fingerprint density at radius 3 is 2.41 bits per heavy atom. The lowest BCUT2D eigenvalue weighted by atomic mass is 9.94. The van der Waals surface area contributed by atoms with Gasteiger partial charge in [0.1, 0.15) is 11.5 Å². The summed E-state index contributed by atoms with van der Waals surface area (Å²) >= 11 is 0. The van der Waals surface area contributed by atoms with Gasteiger partial charge in [-0.25, -0.2) is 0 Å². The van der Waals surface area contributed by atoms with E-state index in [-0.39, 0.29) is 11.3 Å². The van der Waals surface area contributed by atoms with Gasteiger partial charge in [-0.15, -0.1) is 0 Å². The first-order valence-corrected chi connectivity index (χ1v) is 12.2. The molecule has 0 radical (unpaired) electrons. The zero-order chi connectivity index (χ0) is 26.7. The Bertz CT molecular complexity index is 1340. The molecule has 1 aliphatic rings. The molecule has 0 bridgehead atoms. The number of amides is 1. The highest BCUT2D eigenvalue weighted by molar-refractivity contribution is 6.16. The quantitative estimate of drug-likeness (QED) is 0.381. The second kappa shape index (κ2) is 11.0. The van der Waals surface area contributed by atoms with Crippen LogP contribution in [-0.2, 0) is 4.79 Å². The Kier molecular flexibility index (Phi) is 7.73. The molecular weight excluding hydrogens is 476 g/mol. The van der Waals surface area contributed by atoms with Gasteiger partial charge >= 0.3 is 0 Å². The van der Waals surface area contributed by atoms with Crippen LogP contribution in [-0.4, -0.2) is 74.1 Å². The van der Waals surface area contributed by atoms with Crippen molar-refractivity contribution in [3.63, 3.8) is 0 Å². The molecule has 0 unspecified atom stereocenters. The molecule has 0 spiro atoms. The van der Waals surface area contributed by atoms with Crippen molar-refractivity contribution < 1.29 is 33.3 Å². The van der Waals surface area contributed by atoms with Crippen LogP contribution in [0.1, 0.15) is 36.0 Å². The zero-order valence-electron chi connectivity index (χ0n) is 21.7. The van der Waals surface area contributed by atoms with E-state index >= 15 is 0 Å². The molecule has 2 aromatic carbocycles. The van der Waals surface area contributed by atoms with Gasteiger partial charge in [0, 0.05) is 24.0 Å². The second-order valence-corrected chi connectivity index (χ2v) is 8.62. The van der Waals surface area contributed by atoms with Crippen LogP contribution < -0.4 is 14.2 Å². The van der Waals surface area contributed by atoms with Crippen LogP contribution in [0.5, 0.6) is 17.2 Å². The van der Waals surface area contributed by atoms with Gasteiger partial charge in [-0.05, 0) is 43.4 Å². The summed E-state index contributed by atoms with van der Waals surface area (Å²) < 4.78 is 22.3. The van der Waals surface area contributed by atoms with Crippen LogP contribution >= 0.6 is 0 Å². The van der Waals surface area contributed by atoms with Gasteiger partial charge in [-0.1, -0.05) is 26.0 Å². The average molecular weight is 509 g/mol. The number of likely N-dealkylation sites (N-methyl/N-ethyl adjacent to an activating group) is 1. The lowest BCUT2D eigenvalue weighted by Crippen LogP contribution is -2.38. The number of aliphatic hydroxyl groups excluding tert-OH is 1. The third-order valence-electron chi connectivity index (χ3n) is 6.78. The number of carbonyl (C=O) groups is 2. The van der Waals surface area contributed by atoms with Crippen molar-refractivity contribution in [3.8, 4) is 17.2 Å². The molecule has 0 saturated heterocycles. The van der Waals surface area contributed by atoms with Gasteiger partial charge in [-0.3, -0.25) is 9.59 Å². The molecule has 0 aliphatic carbocycles. The zero-order valence-corrected chi connectivity index (χ0v) is 21.7. The van der Waals surface area contributed by atoms with Gasteiger partial charge in [0.25, 0.3) is 5.91 Å². The summed E-state index contributed by atoms with van der Waals surface area (Å²) in [5, 5.41) is 11.7. The van der Waals surface area contributed by atoms with E-state index in [1.54, 1.807) is 42.5 Å². The van der Waals surface area contributed by atoms with Crippen molar-refractivity contribution in [2.75, 3.05) is 47.5 Å². The number of furan rings is 1. The Morgan fingerprint density at radius 2 is 1.76 bits per heavy atom. The summed E-state index contributed by atoms with van der Waals surface area (Å²) in [4.78, 5) is 30.9. The molecular formula is C28H32N2O7. The number of para-hydroxylation sites is 1. The number of Topliss-reactive ketones (excluding diaryl/α,β-unsaturated/α-hetero) is 1. The van der Waals surface area contributed by atoms with E-state index in [2.05, 4.69) is 4.90 Å². The van der Waals surface area contributed by atoms with Crippen molar-refractivity contribution in [1.29, 1.82) is 0 Å². The summed E-state index contributed by atoms with van der Waals surface area (Å²) in [6.45, 7) is 6.55. The minimum atomic E-state index is -0.907. The smallest absolute Gasteiger partial charge is 0.290 e. The van der Waals surface area contributed by atoms with Gasteiger partial charge in [0.05, 0.1) is 32.9 Å². The lowest BCUT2D eigenvalue weighted by molar-refractivity contribution is -0.129. The summed E-state index contributed by atoms with van der Waals surface area (Å²) in [6.07, 6.45) is 0. The molecule has 37 heavy (non-hydrogen) atoms. The largest absolute Gasteiger partial charge is 0.503 e. The molecule has 1 N–H and O–H groups in total. The predicted molar refractivity (Wildman–Crippen MR) is 139 cm³/mol. The standard InChI is InChI=1S/C28H32N2O7/c1-6-29(7-2)13-14-30-24(19-16-18(34-3)11-12-20(19)35-4)23(26(32)28(30)33)25(31)22-15-17-9-8-10-21(36-5)27(17)37-22/h8-12,15-16,24,32H,6-7,13-14H2,1-5H3/t24-/m1/s1. The van der Waals surface area contributed by atoms with E-state index in [1.807, 2.05) is 13.8 Å². The molecule has 4 rings (SSSR count). The first kappa shape index (κ1) is 26.1. The van der Waals surface area contributed by atoms with Crippen LogP contribution in [0.2, 0.25) is 0 Å². The number of nitrogens with zero attached hydrogens (tertiary/aromatic N) is 2. The first-order chi connectivity index (χ1) is 17.9. The fraction of sp³-hybridized carbons (Fsp3) is 0.357. The molecule has 1 atom stereocenters. The maximum Gasteiger partial charge on any atom is 0.290 e. The van der Waals surface area contributed by atoms with Crippen LogP contribution in [0.25, 0.3) is 11.0 Å². The number of carbonyl (C=O) groups excluding carboxylic acids is 2. The molecule has 0 fully saturated rings. The minimum absolute atomic E-state index is 0.00805. The van der Waals surface area contributed by atoms with Crippen molar-refractivity contribution in [2.24, 2.45) is 0 Å². The molecule has 1 amide bonds. The van der Waals surface area contributed by atoms with Crippen molar-refractivity contribution in [3.05, 3.63) is 65.1 Å². The van der Waals surface area contributed by atoms with E-state index in [0.717, 1.165) is 13.1 Å². The molecule has 3 aromatic rings. The number of ether oxygens (including phenoxy) is 3. The molecule has 0 saturated carbocycles. The van der Waals surface area contributed by atoms with E-state index in [9.17, 15) is 14.7 Å². The number of hydrogen-bond acceptors (Lipinski definition) is 8. The lowest BCUT2D eigenvalue weighted by Gasteiger charge is -2.30. The fourth-order valence-electron chi connectivity index (χ4n) is 4.72. The highest BCUT2D eigenvalue weighted by atomic mass is 16.5. The first-order valence-electron chi connectivity index (χ1n) is 12.2. The fourth-order valence-corrected chi connectivity index (χ4v) is 4.72. The predicted octanol–water partition coefficient (Wildman–Crippen LogP) is 4.38. The van der Waals surface area contributed by atoms with Gasteiger partial charge in [-0.2, -0.15) is 0 Å². The summed E-state index contributed by atoms with van der Waals surface area (Å²) in [5.41, 5.74) is 0.858. The summed E-state index contributed by atoms with van der Waals surface area (Å²) in [5.74, 6) is -0.373. The van der Waals surface area contributed by atoms with Crippen molar-refractivity contribution in [1.82, 2.24) is 9.80 Å². The van der Waals surface area contributed by atoms with Gasteiger partial charge < -0.3 is 33.5 Å². The molecule has 9 heteroatoms. The monoisotopic (exact) mass is 508 g/mol. The molecule has 196 valence electrons. The average Bonchev–Trinajstić information content (AvgIpc) is 3.47. The van der Waals surface area contributed by atoms with Gasteiger partial charge in [0.15, 0.2) is 22.9 Å². The Hall–Kier alpha value is -3.98. The topological polar surface area (TPSA) is 102 Å². The Morgan fingerprint density at radius 1 is 1.03 bits per heavy atom. The number of rotatable bonds is 11. The van der Waals surface area contributed by atoms with Crippen LogP contribution in [0.15, 0.2) is 58.2 Å². The maximum absolute atomic E-state index is 13.9. The number of aliphatic hydroxyl groups is 1. The highest BCUT2D eigenvalue weighted by Crippen LogP contribution is 2.44. The number of benzene rings is 2. The SMILES string of the molecule is CCN(CC)CCN1C(=O)C(O)=C(C(=O)c2cc3cccc(OC)c3o2)[C@H]1c1cc(OC)ccc1OC. The Labute approximate surface area is 215 Å². The van der Waals surface area contributed by atoms with Crippen molar-refractivity contribution >= 4 is 22.7 Å². The second-order valence-electron chi connectivity index (χ2n) is 8.62. The van der Waals surface area contributed by atoms with Crippen LogP contribution in [0.4, 0.5) is 0 Å². The highest BCUT2D eigenvalue weighted by Gasteiger charge is 2.45. The number of ketones is 1. The molecule has 9 nitrogen and oxygen atoms in total. The molecule has 2 heterocycles. The Balaban J connectivity index is 1.84. The van der Waals surface area contributed by atoms with E-state index in [0.29, 0.717) is 46.9 Å². The number of hydrogen-bond donors (Lipinski definition) is 1. The van der Waals surface area contributed by atoms with Crippen molar-refractivity contribution in [2.45, 2.75) is 19.9 Å². The number of fused-ring (bicyclic) bond motifs is 1. The van der Waals surface area contributed by atoms with Gasteiger partial charge in [0.2, 0.25) is 5.78 Å². The van der Waals surface area contributed by atoms with E-state index in [4.69, 9.17) is 18.6 Å². The minimum Gasteiger partial charge on any atom is -0.503 e. The summed E-state index contributed by atoms with van der Waals surface area (Å²) in [7, 11) is 4.56. The molecule has 1 aliphatic heterocycles. The molecule has 1 aromatic heterocycles. The van der Waals surface area contributed by atoms with Crippen LogP contribution in [0, 0.1) is 0 Å². The maximum atomic E-state index is 13.9. The third-order valence-corrected chi connectivity index (χ3v) is 6.78. The van der Waals surface area contributed by atoms with E-state index < -0.39 is 23.5 Å². The summed E-state index contributed by atoms with van der Waals surface area (Å²) in [6, 6.07) is 11.2. The van der Waals surface area contributed by atoms with Crippen LogP contribution in [0.3, 0.4) is 0 Å². The van der Waals surface area contributed by atoms with E-state index in [1.165, 1.54) is 26.2 Å². The number of methoxy groups -OCH3 is 3.